The van der Waals surface area contributed by atoms with Gasteiger partial charge in [0.2, 0.25) is 0 Å². The highest BCUT2D eigenvalue weighted by Crippen LogP contribution is 2.29. The van der Waals surface area contributed by atoms with Crippen LogP contribution < -0.4 is 10.5 Å². The normalized spacial score (nSPS) is 11.3. The number of benzene rings is 1. The van der Waals surface area contributed by atoms with Crippen molar-refractivity contribution in [2.45, 2.75) is 18.9 Å². The Balaban J connectivity index is 2.04. The number of anilines is 2. The zero-order valence-electron chi connectivity index (χ0n) is 14.2. The molecule has 3 aromatic rings. The van der Waals surface area contributed by atoms with E-state index in [0.29, 0.717) is 10.7 Å². The molecule has 0 aliphatic rings. The van der Waals surface area contributed by atoms with Gasteiger partial charge in [-0.1, -0.05) is 35.9 Å². The molecule has 0 fully saturated rings. The molecule has 26 heavy (non-hydrogen) atoms. The second kappa shape index (κ2) is 6.93. The number of nitrogens with two attached hydrogens (primary N) is 1. The first-order chi connectivity index (χ1) is 12.3. The fourth-order valence-electron chi connectivity index (χ4n) is 2.67. The Hall–Kier alpha value is -2.64. The number of hydrogen-bond donors (Lipinski definition) is 2. The predicted octanol–water partition coefficient (Wildman–Crippen LogP) is 3.80. The molecular formula is C18H17ClN4O2S. The molecule has 0 saturated carbocycles. The van der Waals surface area contributed by atoms with Crippen molar-refractivity contribution in [3.8, 4) is 11.3 Å². The number of pyridine rings is 2. The van der Waals surface area contributed by atoms with Crippen molar-refractivity contribution in [2.75, 3.05) is 10.5 Å². The van der Waals surface area contributed by atoms with E-state index in [2.05, 4.69) is 14.7 Å². The van der Waals surface area contributed by atoms with E-state index >= 15 is 0 Å². The molecule has 0 spiro atoms. The molecule has 134 valence electrons. The summed E-state index contributed by atoms with van der Waals surface area (Å²) in [5.41, 5.74) is 9.11. The van der Waals surface area contributed by atoms with Crippen LogP contribution in [0, 0.1) is 13.8 Å². The summed E-state index contributed by atoms with van der Waals surface area (Å²) in [5, 5.41) is 0.184. The van der Waals surface area contributed by atoms with Gasteiger partial charge in [-0.25, -0.2) is 9.97 Å². The number of aryl methyl sites for hydroxylation is 2. The summed E-state index contributed by atoms with van der Waals surface area (Å²) in [6.07, 6.45) is 0. The van der Waals surface area contributed by atoms with Gasteiger partial charge < -0.3 is 5.73 Å². The fraction of sp³-hybridized carbons (Fsp3) is 0.111. The first-order valence-electron chi connectivity index (χ1n) is 7.76. The van der Waals surface area contributed by atoms with Crippen LogP contribution in [0.3, 0.4) is 0 Å². The van der Waals surface area contributed by atoms with E-state index in [9.17, 15) is 8.42 Å². The zero-order valence-corrected chi connectivity index (χ0v) is 15.8. The second-order valence-electron chi connectivity index (χ2n) is 5.83. The lowest BCUT2D eigenvalue weighted by Gasteiger charge is -2.12. The molecule has 8 heteroatoms. The fourth-order valence-corrected chi connectivity index (χ4v) is 3.84. The lowest BCUT2D eigenvalue weighted by Crippen LogP contribution is -2.16. The Morgan fingerprint density at radius 3 is 2.31 bits per heavy atom. The second-order valence-corrected chi connectivity index (χ2v) is 7.89. The van der Waals surface area contributed by atoms with Crippen molar-refractivity contribution in [3.63, 3.8) is 0 Å². The van der Waals surface area contributed by atoms with Crippen LogP contribution in [0.2, 0.25) is 5.02 Å². The van der Waals surface area contributed by atoms with Gasteiger partial charge in [0.25, 0.3) is 10.0 Å². The van der Waals surface area contributed by atoms with Gasteiger partial charge in [-0.3, -0.25) is 4.72 Å². The highest BCUT2D eigenvalue weighted by atomic mass is 35.5. The number of halogens is 1. The largest absolute Gasteiger partial charge is 0.384 e. The number of nitrogen functional groups attached to an aromatic ring is 1. The first-order valence-corrected chi connectivity index (χ1v) is 9.62. The lowest BCUT2D eigenvalue weighted by molar-refractivity contribution is 0.597. The van der Waals surface area contributed by atoms with Gasteiger partial charge in [-0.05, 0) is 43.2 Å². The summed E-state index contributed by atoms with van der Waals surface area (Å²) in [6, 6.07) is 13.4. The van der Waals surface area contributed by atoms with Crippen molar-refractivity contribution in [2.24, 2.45) is 0 Å². The number of nitrogens with one attached hydrogen (secondary N) is 1. The van der Waals surface area contributed by atoms with Crippen LogP contribution in [0.1, 0.15) is 11.1 Å². The van der Waals surface area contributed by atoms with E-state index in [1.807, 2.05) is 32.0 Å². The van der Waals surface area contributed by atoms with Crippen molar-refractivity contribution in [1.82, 2.24) is 9.97 Å². The Bertz CT molecular complexity index is 1060. The maximum atomic E-state index is 12.5. The quantitative estimate of drug-likeness (QED) is 0.708. The summed E-state index contributed by atoms with van der Waals surface area (Å²) in [6.45, 7) is 3.93. The highest BCUT2D eigenvalue weighted by molar-refractivity contribution is 7.92. The third kappa shape index (κ3) is 3.79. The van der Waals surface area contributed by atoms with Gasteiger partial charge in [0, 0.05) is 16.7 Å². The van der Waals surface area contributed by atoms with E-state index in [0.717, 1.165) is 16.7 Å². The van der Waals surface area contributed by atoms with Crippen LogP contribution in [0.15, 0.2) is 53.6 Å². The van der Waals surface area contributed by atoms with E-state index in [4.69, 9.17) is 17.3 Å². The average Bonchev–Trinajstić information content (AvgIpc) is 2.53. The molecule has 0 radical (unpaired) electrons. The van der Waals surface area contributed by atoms with Crippen molar-refractivity contribution < 1.29 is 8.42 Å². The third-order valence-electron chi connectivity index (χ3n) is 3.79. The molecule has 6 nitrogen and oxygen atoms in total. The van der Waals surface area contributed by atoms with Gasteiger partial charge >= 0.3 is 0 Å². The molecule has 0 atom stereocenters. The molecule has 0 aliphatic heterocycles. The minimum Gasteiger partial charge on any atom is -0.384 e. The van der Waals surface area contributed by atoms with Gasteiger partial charge in [0.15, 0.2) is 5.03 Å². The molecule has 3 rings (SSSR count). The van der Waals surface area contributed by atoms with E-state index < -0.39 is 10.0 Å². The molecular weight excluding hydrogens is 372 g/mol. The van der Waals surface area contributed by atoms with Crippen LogP contribution in [0.4, 0.5) is 11.6 Å². The molecule has 3 N–H and O–H groups in total. The van der Waals surface area contributed by atoms with Crippen molar-refractivity contribution >= 4 is 33.3 Å². The van der Waals surface area contributed by atoms with Crippen LogP contribution in [-0.4, -0.2) is 18.4 Å². The molecule has 1 aromatic carbocycles. The molecule has 0 bridgehead atoms. The Labute approximate surface area is 157 Å². The van der Waals surface area contributed by atoms with E-state index in [1.54, 1.807) is 6.07 Å². The van der Waals surface area contributed by atoms with Crippen molar-refractivity contribution in [3.05, 3.63) is 64.7 Å². The Kier molecular flexibility index (Phi) is 4.84. The van der Waals surface area contributed by atoms with Crippen LogP contribution in [0.25, 0.3) is 11.3 Å². The Morgan fingerprint density at radius 2 is 1.65 bits per heavy atom. The summed E-state index contributed by atoms with van der Waals surface area (Å²) < 4.78 is 27.5. The van der Waals surface area contributed by atoms with Crippen LogP contribution in [0.5, 0.6) is 0 Å². The number of hydrogen-bond acceptors (Lipinski definition) is 5. The van der Waals surface area contributed by atoms with Crippen LogP contribution in [-0.2, 0) is 10.0 Å². The zero-order chi connectivity index (χ0) is 18.9. The van der Waals surface area contributed by atoms with Crippen molar-refractivity contribution in [1.29, 1.82) is 0 Å². The summed E-state index contributed by atoms with van der Waals surface area (Å²) in [7, 11) is -3.93. The highest BCUT2D eigenvalue weighted by Gasteiger charge is 2.18. The number of nitrogens with zero attached hydrogens (tertiary/aromatic N) is 2. The Morgan fingerprint density at radius 1 is 1.00 bits per heavy atom. The minimum absolute atomic E-state index is 0.111. The summed E-state index contributed by atoms with van der Waals surface area (Å²) >= 11 is 6.19. The van der Waals surface area contributed by atoms with E-state index in [1.165, 1.54) is 24.3 Å². The maximum Gasteiger partial charge on any atom is 0.280 e. The number of rotatable bonds is 4. The average molecular weight is 389 g/mol. The summed E-state index contributed by atoms with van der Waals surface area (Å²) in [4.78, 5) is 8.26. The van der Waals surface area contributed by atoms with Gasteiger partial charge in [-0.15, -0.1) is 0 Å². The molecule has 0 saturated heterocycles. The number of aromatic nitrogens is 2. The minimum atomic E-state index is -3.93. The molecule has 2 heterocycles. The third-order valence-corrected chi connectivity index (χ3v) is 5.26. The SMILES string of the molecule is Cc1cccc(C)c1-c1cc(Cl)cc(NS(=O)(=O)c2cccc(N)n2)n1. The topological polar surface area (TPSA) is 98.0 Å². The predicted molar refractivity (Wildman–Crippen MR) is 104 cm³/mol. The van der Waals surface area contributed by atoms with Gasteiger partial charge in [-0.2, -0.15) is 8.42 Å². The van der Waals surface area contributed by atoms with E-state index in [-0.39, 0.29) is 16.7 Å². The molecule has 2 aromatic heterocycles. The van der Waals surface area contributed by atoms with Gasteiger partial charge in [0.1, 0.15) is 11.6 Å². The monoisotopic (exact) mass is 388 g/mol. The summed E-state index contributed by atoms with van der Waals surface area (Å²) in [5.74, 6) is 0.225. The smallest absolute Gasteiger partial charge is 0.280 e. The lowest BCUT2D eigenvalue weighted by atomic mass is 10.00. The molecule has 0 aliphatic carbocycles. The molecule has 0 amide bonds. The first kappa shape index (κ1) is 18.2. The number of sulfonamides is 1. The van der Waals surface area contributed by atoms with Crippen LogP contribution >= 0.6 is 11.6 Å². The molecule has 0 unspecified atom stereocenters. The van der Waals surface area contributed by atoms with Gasteiger partial charge in [0.05, 0.1) is 5.69 Å². The standard InChI is InChI=1S/C18H17ClN4O2S/c1-11-5-3-6-12(2)18(11)14-9-13(19)10-16(21-14)23-26(24,25)17-8-4-7-15(20)22-17/h3-10H,1-2H3,(H2,20,22)(H,21,23). The maximum absolute atomic E-state index is 12.5.